The van der Waals surface area contributed by atoms with Crippen LogP contribution in [-0.2, 0) is 6.42 Å². The van der Waals surface area contributed by atoms with Gasteiger partial charge in [-0.2, -0.15) is 0 Å². The van der Waals surface area contributed by atoms with Gasteiger partial charge < -0.3 is 15.6 Å². The zero-order chi connectivity index (χ0) is 21.4. The van der Waals surface area contributed by atoms with Gasteiger partial charge in [-0.15, -0.1) is 0 Å². The highest BCUT2D eigenvalue weighted by molar-refractivity contribution is 6.70. The van der Waals surface area contributed by atoms with Crippen molar-refractivity contribution in [3.8, 4) is 0 Å². The second-order valence-electron chi connectivity index (χ2n) is 9.13. The lowest BCUT2D eigenvalue weighted by Crippen LogP contribution is -2.42. The summed E-state index contributed by atoms with van der Waals surface area (Å²) in [6.07, 6.45) is 5.56. The third kappa shape index (κ3) is 7.76. The molecule has 0 aliphatic carbocycles. The maximum Gasteiger partial charge on any atom is 0.137 e. The van der Waals surface area contributed by atoms with Crippen LogP contribution in [0.5, 0.6) is 0 Å². The Morgan fingerprint density at radius 1 is 1.41 bits per heavy atom. The molecule has 2 heterocycles. The Bertz CT molecular complexity index is 704. The van der Waals surface area contributed by atoms with Gasteiger partial charge in [0.05, 0.1) is 5.70 Å². The number of hydrogen-bond donors (Lipinski definition) is 2. The molecule has 6 nitrogen and oxygen atoms in total. The number of hydrogen-bond acceptors (Lipinski definition) is 6. The maximum atomic E-state index is 6.46. The molecule has 1 aromatic heterocycles. The average Bonchev–Trinajstić information content (AvgIpc) is 3.05. The molecule has 0 spiro atoms. The van der Waals surface area contributed by atoms with E-state index in [-0.39, 0.29) is 0 Å². The van der Waals surface area contributed by atoms with Gasteiger partial charge >= 0.3 is 0 Å². The molecule has 0 saturated carbocycles. The Hall–Kier alpha value is -1.37. The van der Waals surface area contributed by atoms with Gasteiger partial charge in [-0.05, 0) is 37.8 Å². The average molecular weight is 424 g/mol. The standard InChI is InChI=1S/C22H38ClN5O/c1-6-17-13-19(27-29-17)20(24)18(21(23)25-5)15-28-12-8-7-9-16(14-28)26-11-10-22(2,3)4/h13,16,26H,6-12,14-15,24H2,1-5H3/b20-18-,25-21?. The summed E-state index contributed by atoms with van der Waals surface area (Å²) in [5, 5.41) is 8.30. The van der Waals surface area contributed by atoms with Crippen LogP contribution in [-0.4, -0.2) is 54.5 Å². The molecule has 0 bridgehead atoms. The summed E-state index contributed by atoms with van der Waals surface area (Å²) in [4.78, 5) is 6.62. The normalized spacial score (nSPS) is 20.5. The van der Waals surface area contributed by atoms with Gasteiger partial charge in [0.2, 0.25) is 0 Å². The highest BCUT2D eigenvalue weighted by Crippen LogP contribution is 2.21. The molecule has 1 aromatic rings. The Balaban J connectivity index is 2.11. The van der Waals surface area contributed by atoms with E-state index in [1.807, 2.05) is 13.0 Å². The third-order valence-electron chi connectivity index (χ3n) is 5.40. The first-order valence-electron chi connectivity index (χ1n) is 10.8. The molecule has 2 rings (SSSR count). The molecule has 0 radical (unpaired) electrons. The monoisotopic (exact) mass is 423 g/mol. The van der Waals surface area contributed by atoms with Crippen molar-refractivity contribution in [3.63, 3.8) is 0 Å². The number of aromatic nitrogens is 1. The van der Waals surface area contributed by atoms with E-state index in [9.17, 15) is 0 Å². The molecule has 1 saturated heterocycles. The summed E-state index contributed by atoms with van der Waals surface area (Å²) < 4.78 is 5.33. The van der Waals surface area contributed by atoms with E-state index in [2.05, 4.69) is 41.1 Å². The number of nitrogens with zero attached hydrogens (tertiary/aromatic N) is 3. The molecule has 1 aliphatic rings. The zero-order valence-electron chi connectivity index (χ0n) is 18.7. The van der Waals surface area contributed by atoms with Crippen LogP contribution in [0, 0.1) is 5.41 Å². The van der Waals surface area contributed by atoms with Crippen molar-refractivity contribution in [2.24, 2.45) is 16.1 Å². The van der Waals surface area contributed by atoms with E-state index in [1.54, 1.807) is 7.05 Å². The minimum absolute atomic E-state index is 0.349. The number of aliphatic imine (C=N–C) groups is 1. The van der Waals surface area contributed by atoms with Crippen molar-refractivity contribution in [1.29, 1.82) is 0 Å². The first-order chi connectivity index (χ1) is 13.7. The van der Waals surface area contributed by atoms with Crippen molar-refractivity contribution in [1.82, 2.24) is 15.4 Å². The SMILES string of the molecule is CCc1cc(/C(N)=C(\CN2CCCCC(NCCC(C)(C)C)C2)C(Cl)=NC)no1. The smallest absolute Gasteiger partial charge is 0.137 e. The fourth-order valence-electron chi connectivity index (χ4n) is 3.56. The molecule has 1 atom stereocenters. The van der Waals surface area contributed by atoms with Crippen molar-refractivity contribution >= 4 is 22.5 Å². The highest BCUT2D eigenvalue weighted by Gasteiger charge is 2.22. The van der Waals surface area contributed by atoms with Gasteiger partial charge in [0.15, 0.2) is 0 Å². The summed E-state index contributed by atoms with van der Waals surface area (Å²) in [5.41, 5.74) is 8.80. The van der Waals surface area contributed by atoms with Crippen LogP contribution < -0.4 is 11.1 Å². The van der Waals surface area contributed by atoms with Gasteiger partial charge in [-0.25, -0.2) is 0 Å². The van der Waals surface area contributed by atoms with Crippen LogP contribution in [0.1, 0.15) is 64.8 Å². The molecule has 0 aromatic carbocycles. The van der Waals surface area contributed by atoms with E-state index in [1.165, 1.54) is 25.7 Å². The molecule has 1 fully saturated rings. The molecule has 0 amide bonds. The molecular weight excluding hydrogens is 386 g/mol. The number of aryl methyl sites for hydroxylation is 1. The summed E-state index contributed by atoms with van der Waals surface area (Å²) in [5.74, 6) is 0.810. The molecule has 7 heteroatoms. The number of likely N-dealkylation sites (tertiary alicyclic amines) is 1. The van der Waals surface area contributed by atoms with E-state index >= 15 is 0 Å². The Morgan fingerprint density at radius 3 is 2.79 bits per heavy atom. The molecule has 164 valence electrons. The van der Waals surface area contributed by atoms with E-state index in [0.717, 1.165) is 37.4 Å². The number of nitrogens with one attached hydrogen (secondary N) is 1. The number of rotatable bonds is 8. The maximum absolute atomic E-state index is 6.46. The topological polar surface area (TPSA) is 79.7 Å². The summed E-state index contributed by atoms with van der Waals surface area (Å²) in [7, 11) is 1.69. The molecule has 1 aliphatic heterocycles. The van der Waals surface area contributed by atoms with Crippen LogP contribution in [0.15, 0.2) is 21.2 Å². The van der Waals surface area contributed by atoms with E-state index < -0.39 is 0 Å². The summed E-state index contributed by atoms with van der Waals surface area (Å²) >= 11 is 6.46. The second kappa shape index (κ2) is 11.1. The lowest BCUT2D eigenvalue weighted by atomic mass is 9.92. The van der Waals surface area contributed by atoms with E-state index in [0.29, 0.717) is 34.6 Å². The quantitative estimate of drug-likeness (QED) is 0.616. The Morgan fingerprint density at radius 2 is 2.17 bits per heavy atom. The molecular formula is C22H38ClN5O. The first kappa shape index (κ1) is 23.9. The van der Waals surface area contributed by atoms with Gasteiger partial charge in [-0.3, -0.25) is 9.89 Å². The van der Waals surface area contributed by atoms with Crippen LogP contribution in [0.25, 0.3) is 5.70 Å². The van der Waals surface area contributed by atoms with Crippen molar-refractivity contribution in [2.45, 2.75) is 65.8 Å². The highest BCUT2D eigenvalue weighted by atomic mass is 35.5. The molecule has 29 heavy (non-hydrogen) atoms. The van der Waals surface area contributed by atoms with Crippen molar-refractivity contribution in [3.05, 3.63) is 23.1 Å². The second-order valence-corrected chi connectivity index (χ2v) is 9.49. The van der Waals surface area contributed by atoms with Gasteiger partial charge in [0, 0.05) is 44.2 Å². The zero-order valence-corrected chi connectivity index (χ0v) is 19.5. The fourth-order valence-corrected chi connectivity index (χ4v) is 3.72. The lowest BCUT2D eigenvalue weighted by Gasteiger charge is -2.27. The van der Waals surface area contributed by atoms with Gasteiger partial charge in [-0.1, -0.05) is 50.9 Å². The van der Waals surface area contributed by atoms with Crippen LogP contribution in [0.4, 0.5) is 0 Å². The molecule has 3 N–H and O–H groups in total. The Kier molecular flexibility index (Phi) is 9.18. The largest absolute Gasteiger partial charge is 0.397 e. The van der Waals surface area contributed by atoms with E-state index in [4.69, 9.17) is 21.9 Å². The summed E-state index contributed by atoms with van der Waals surface area (Å²) in [6, 6.07) is 2.37. The lowest BCUT2D eigenvalue weighted by molar-refractivity contribution is 0.272. The Labute approximate surface area is 180 Å². The van der Waals surface area contributed by atoms with Crippen LogP contribution >= 0.6 is 11.6 Å². The summed E-state index contributed by atoms with van der Waals surface area (Å²) in [6.45, 7) is 12.6. The molecule has 1 unspecified atom stereocenters. The van der Waals surface area contributed by atoms with Crippen molar-refractivity contribution in [2.75, 3.05) is 33.2 Å². The minimum atomic E-state index is 0.349. The van der Waals surface area contributed by atoms with Crippen molar-refractivity contribution < 1.29 is 4.52 Å². The number of halogens is 1. The van der Waals surface area contributed by atoms with Gasteiger partial charge in [0.1, 0.15) is 16.6 Å². The number of nitrogens with two attached hydrogens (primary N) is 1. The van der Waals surface area contributed by atoms with Crippen LogP contribution in [0.2, 0.25) is 0 Å². The predicted molar refractivity (Wildman–Crippen MR) is 122 cm³/mol. The predicted octanol–water partition coefficient (Wildman–Crippen LogP) is 4.05. The minimum Gasteiger partial charge on any atom is -0.397 e. The fraction of sp³-hybridized carbons (Fsp3) is 0.727. The third-order valence-corrected chi connectivity index (χ3v) is 5.80. The van der Waals surface area contributed by atoms with Gasteiger partial charge in [0.25, 0.3) is 0 Å². The van der Waals surface area contributed by atoms with Crippen LogP contribution in [0.3, 0.4) is 0 Å². The first-order valence-corrected chi connectivity index (χ1v) is 11.1.